The van der Waals surface area contributed by atoms with Crippen molar-refractivity contribution >= 4 is 11.7 Å². The van der Waals surface area contributed by atoms with Crippen LogP contribution in [0.3, 0.4) is 0 Å². The Labute approximate surface area is 148 Å². The van der Waals surface area contributed by atoms with Gasteiger partial charge in [-0.2, -0.15) is 0 Å². The van der Waals surface area contributed by atoms with E-state index in [1.807, 2.05) is 30.0 Å². The van der Waals surface area contributed by atoms with Gasteiger partial charge in [-0.3, -0.25) is 9.69 Å². The highest BCUT2D eigenvalue weighted by atomic mass is 16.2. The van der Waals surface area contributed by atoms with Crippen molar-refractivity contribution in [2.75, 3.05) is 18.0 Å². The number of nitrogens with one attached hydrogen (secondary N) is 1. The highest BCUT2D eigenvalue weighted by molar-refractivity contribution is 6.00. The van der Waals surface area contributed by atoms with E-state index in [2.05, 4.69) is 17.4 Å². The van der Waals surface area contributed by atoms with Gasteiger partial charge in [-0.15, -0.1) is 0 Å². The standard InChI is InChI=1S/C20H24N4O/c1-14-16-13-18(25)24(12-10-15-7-3-2-4-8-15)20(16)23-19(22-14)17-9-5-6-11-21-17/h2-4,7-8,17,21H,5-6,9-13H2,1H3/t17-/m0/s1. The van der Waals surface area contributed by atoms with Crippen LogP contribution in [0.2, 0.25) is 0 Å². The van der Waals surface area contributed by atoms with E-state index < -0.39 is 0 Å². The number of benzene rings is 1. The molecule has 1 atom stereocenters. The number of nitrogens with zero attached hydrogens (tertiary/aromatic N) is 3. The van der Waals surface area contributed by atoms with E-state index in [9.17, 15) is 4.79 Å². The molecule has 0 radical (unpaired) electrons. The number of hydrogen-bond acceptors (Lipinski definition) is 4. The van der Waals surface area contributed by atoms with E-state index >= 15 is 0 Å². The molecule has 2 aliphatic rings. The average Bonchev–Trinajstić information content (AvgIpc) is 2.97. The minimum atomic E-state index is 0.136. The lowest BCUT2D eigenvalue weighted by Gasteiger charge is -2.24. The molecule has 130 valence electrons. The molecule has 0 saturated carbocycles. The van der Waals surface area contributed by atoms with Crippen LogP contribution in [0.15, 0.2) is 30.3 Å². The summed E-state index contributed by atoms with van der Waals surface area (Å²) in [6, 6.07) is 10.5. The number of aryl methyl sites for hydroxylation is 1. The Hall–Kier alpha value is -2.27. The predicted molar refractivity (Wildman–Crippen MR) is 97.6 cm³/mol. The van der Waals surface area contributed by atoms with Gasteiger partial charge in [-0.05, 0) is 38.3 Å². The van der Waals surface area contributed by atoms with Gasteiger partial charge in [0.05, 0.1) is 12.5 Å². The van der Waals surface area contributed by atoms with Crippen molar-refractivity contribution in [3.63, 3.8) is 0 Å². The number of fused-ring (bicyclic) bond motifs is 1. The minimum absolute atomic E-state index is 0.136. The largest absolute Gasteiger partial charge is 0.307 e. The Morgan fingerprint density at radius 1 is 1.20 bits per heavy atom. The highest BCUT2D eigenvalue weighted by Crippen LogP contribution is 2.31. The van der Waals surface area contributed by atoms with E-state index in [-0.39, 0.29) is 11.9 Å². The molecule has 5 heteroatoms. The second-order valence-corrected chi connectivity index (χ2v) is 6.93. The summed E-state index contributed by atoms with van der Waals surface area (Å²) in [6.45, 7) is 3.69. The fraction of sp³-hybridized carbons (Fsp3) is 0.450. The Morgan fingerprint density at radius 2 is 2.04 bits per heavy atom. The van der Waals surface area contributed by atoms with Gasteiger partial charge in [-0.25, -0.2) is 9.97 Å². The van der Waals surface area contributed by atoms with Crippen LogP contribution in [0, 0.1) is 6.92 Å². The summed E-state index contributed by atoms with van der Waals surface area (Å²) in [4.78, 5) is 23.9. The van der Waals surface area contributed by atoms with Gasteiger partial charge in [0.15, 0.2) is 0 Å². The molecule has 1 aromatic heterocycles. The zero-order chi connectivity index (χ0) is 17.2. The number of carbonyl (C=O) groups excluding carboxylic acids is 1. The highest BCUT2D eigenvalue weighted by Gasteiger charge is 2.32. The molecule has 2 aliphatic heterocycles. The van der Waals surface area contributed by atoms with Crippen LogP contribution in [0.1, 0.15) is 47.9 Å². The first kappa shape index (κ1) is 16.2. The molecule has 1 fully saturated rings. The van der Waals surface area contributed by atoms with Crippen LogP contribution in [0.25, 0.3) is 0 Å². The van der Waals surface area contributed by atoms with Crippen LogP contribution in [-0.4, -0.2) is 29.0 Å². The van der Waals surface area contributed by atoms with Gasteiger partial charge in [-0.1, -0.05) is 36.8 Å². The molecule has 1 saturated heterocycles. The molecule has 5 nitrogen and oxygen atoms in total. The summed E-state index contributed by atoms with van der Waals surface area (Å²) in [5.74, 6) is 1.81. The van der Waals surface area contributed by atoms with Crippen molar-refractivity contribution in [3.8, 4) is 0 Å². The third kappa shape index (κ3) is 3.29. The number of anilines is 1. The first-order chi connectivity index (χ1) is 12.2. The van der Waals surface area contributed by atoms with Crippen LogP contribution in [-0.2, 0) is 17.6 Å². The van der Waals surface area contributed by atoms with Gasteiger partial charge in [0, 0.05) is 17.8 Å². The number of carbonyl (C=O) groups is 1. The Balaban J connectivity index is 1.59. The van der Waals surface area contributed by atoms with E-state index in [4.69, 9.17) is 9.97 Å². The molecule has 4 rings (SSSR count). The maximum atomic E-state index is 12.5. The zero-order valence-electron chi connectivity index (χ0n) is 14.7. The molecule has 0 aliphatic carbocycles. The summed E-state index contributed by atoms with van der Waals surface area (Å²) in [5, 5.41) is 3.51. The SMILES string of the molecule is Cc1nc([C@@H]2CCCCN2)nc2c1CC(=O)N2CCc1ccccc1. The topological polar surface area (TPSA) is 58.1 Å². The lowest BCUT2D eigenvalue weighted by atomic mass is 10.0. The molecule has 3 heterocycles. The third-order valence-electron chi connectivity index (χ3n) is 5.18. The van der Waals surface area contributed by atoms with Gasteiger partial charge in [0.1, 0.15) is 11.6 Å². The normalized spacial score (nSPS) is 20.0. The van der Waals surface area contributed by atoms with E-state index in [1.54, 1.807) is 0 Å². The molecule has 0 spiro atoms. The van der Waals surface area contributed by atoms with Gasteiger partial charge < -0.3 is 5.32 Å². The smallest absolute Gasteiger partial charge is 0.232 e. The summed E-state index contributed by atoms with van der Waals surface area (Å²) in [6.07, 6.45) is 4.74. The number of piperidine rings is 1. The first-order valence-corrected chi connectivity index (χ1v) is 9.17. The lowest BCUT2D eigenvalue weighted by Crippen LogP contribution is -2.31. The average molecular weight is 336 g/mol. The van der Waals surface area contributed by atoms with E-state index in [0.717, 1.165) is 42.3 Å². The molecule has 0 unspecified atom stereocenters. The first-order valence-electron chi connectivity index (χ1n) is 9.17. The van der Waals surface area contributed by atoms with Crippen molar-refractivity contribution in [1.29, 1.82) is 0 Å². The minimum Gasteiger partial charge on any atom is -0.307 e. The Kier molecular flexibility index (Phi) is 4.49. The van der Waals surface area contributed by atoms with Crippen LogP contribution in [0.5, 0.6) is 0 Å². The van der Waals surface area contributed by atoms with Crippen LogP contribution >= 0.6 is 0 Å². The fourth-order valence-corrected chi connectivity index (χ4v) is 3.74. The van der Waals surface area contributed by atoms with Crippen LogP contribution in [0.4, 0.5) is 5.82 Å². The second-order valence-electron chi connectivity index (χ2n) is 6.93. The second kappa shape index (κ2) is 6.92. The van der Waals surface area contributed by atoms with Gasteiger partial charge >= 0.3 is 0 Å². The Bertz CT molecular complexity index is 769. The Morgan fingerprint density at radius 3 is 2.80 bits per heavy atom. The van der Waals surface area contributed by atoms with Gasteiger partial charge in [0.25, 0.3) is 0 Å². The number of aromatic nitrogens is 2. The third-order valence-corrected chi connectivity index (χ3v) is 5.18. The van der Waals surface area contributed by atoms with Crippen molar-refractivity contribution in [2.45, 2.75) is 45.1 Å². The number of amides is 1. The van der Waals surface area contributed by atoms with E-state index in [1.165, 1.54) is 18.4 Å². The summed E-state index contributed by atoms with van der Waals surface area (Å²) in [5.41, 5.74) is 3.18. The zero-order valence-corrected chi connectivity index (χ0v) is 14.7. The molecule has 25 heavy (non-hydrogen) atoms. The lowest BCUT2D eigenvalue weighted by molar-refractivity contribution is -0.117. The molecular weight excluding hydrogens is 312 g/mol. The van der Waals surface area contributed by atoms with Crippen LogP contribution < -0.4 is 10.2 Å². The van der Waals surface area contributed by atoms with E-state index in [0.29, 0.717) is 13.0 Å². The quantitative estimate of drug-likeness (QED) is 0.933. The fourth-order valence-electron chi connectivity index (χ4n) is 3.74. The number of hydrogen-bond donors (Lipinski definition) is 1. The van der Waals surface area contributed by atoms with Crippen molar-refractivity contribution < 1.29 is 4.79 Å². The molecule has 2 aromatic rings. The molecule has 1 amide bonds. The van der Waals surface area contributed by atoms with Gasteiger partial charge in [0.2, 0.25) is 5.91 Å². The summed E-state index contributed by atoms with van der Waals surface area (Å²) in [7, 11) is 0. The molecule has 1 N–H and O–H groups in total. The maximum Gasteiger partial charge on any atom is 0.232 e. The monoisotopic (exact) mass is 336 g/mol. The molecular formula is C20H24N4O. The number of rotatable bonds is 4. The summed E-state index contributed by atoms with van der Waals surface area (Å²) >= 11 is 0. The summed E-state index contributed by atoms with van der Waals surface area (Å²) < 4.78 is 0. The van der Waals surface area contributed by atoms with Crippen molar-refractivity contribution in [1.82, 2.24) is 15.3 Å². The van der Waals surface area contributed by atoms with Crippen molar-refractivity contribution in [2.24, 2.45) is 0 Å². The molecule has 1 aromatic carbocycles. The molecule has 0 bridgehead atoms. The maximum absolute atomic E-state index is 12.5. The van der Waals surface area contributed by atoms with Crippen molar-refractivity contribution in [3.05, 3.63) is 53.0 Å². The predicted octanol–water partition coefficient (Wildman–Crippen LogP) is 2.73.